The highest BCUT2D eigenvalue weighted by atomic mass is 16.5. The fraction of sp³-hybridized carbons (Fsp3) is 0.364. The van der Waals surface area contributed by atoms with E-state index in [1.807, 2.05) is 0 Å². The number of imidazole rings is 1. The van der Waals surface area contributed by atoms with Crippen LogP contribution in [0.25, 0.3) is 11.2 Å². The van der Waals surface area contributed by atoms with Gasteiger partial charge in [0.25, 0.3) is 0 Å². The van der Waals surface area contributed by atoms with Crippen molar-refractivity contribution in [2.45, 2.75) is 12.2 Å². The van der Waals surface area contributed by atoms with Crippen LogP contribution < -0.4 is 5.73 Å². The Morgan fingerprint density at radius 3 is 3.11 bits per heavy atom. The van der Waals surface area contributed by atoms with Crippen molar-refractivity contribution >= 4 is 17.0 Å². The van der Waals surface area contributed by atoms with Crippen molar-refractivity contribution in [3.63, 3.8) is 0 Å². The quantitative estimate of drug-likeness (QED) is 0.590. The van der Waals surface area contributed by atoms with Crippen molar-refractivity contribution < 1.29 is 9.84 Å². The van der Waals surface area contributed by atoms with Gasteiger partial charge in [-0.2, -0.15) is 0 Å². The summed E-state index contributed by atoms with van der Waals surface area (Å²) in [7, 11) is 0. The van der Waals surface area contributed by atoms with Crippen LogP contribution in [-0.4, -0.2) is 37.8 Å². The lowest BCUT2D eigenvalue weighted by molar-refractivity contribution is 0.0344. The molecule has 1 fully saturated rings. The Morgan fingerprint density at radius 2 is 2.39 bits per heavy atom. The van der Waals surface area contributed by atoms with Crippen LogP contribution >= 0.6 is 0 Å². The van der Waals surface area contributed by atoms with Crippen LogP contribution in [0.1, 0.15) is 11.9 Å². The maximum Gasteiger partial charge on any atom is 0.183 e. The minimum atomic E-state index is -0.828. The average Bonchev–Trinajstić information content (AvgIpc) is 2.95. The second kappa shape index (κ2) is 3.94. The van der Waals surface area contributed by atoms with E-state index < -0.39 is 12.2 Å². The number of nitrogens with one attached hydrogen (secondary N) is 1. The van der Waals surface area contributed by atoms with Gasteiger partial charge in [-0.25, -0.2) is 15.0 Å². The number of aliphatic hydroxyl groups is 1. The zero-order valence-corrected chi connectivity index (χ0v) is 9.37. The summed E-state index contributed by atoms with van der Waals surface area (Å²) < 4.78 is 5.42. The van der Waals surface area contributed by atoms with Crippen LogP contribution in [0.5, 0.6) is 0 Å². The number of ether oxygens (including phenoxy) is 1. The van der Waals surface area contributed by atoms with Gasteiger partial charge >= 0.3 is 0 Å². The molecule has 7 heteroatoms. The second-order valence-corrected chi connectivity index (χ2v) is 4.09. The Hall–Kier alpha value is -2.17. The number of aromatic nitrogens is 4. The Balaban J connectivity index is 2.03. The predicted octanol–water partition coefficient (Wildman–Crippen LogP) is -0.383. The van der Waals surface area contributed by atoms with Crippen molar-refractivity contribution in [1.82, 2.24) is 19.9 Å². The summed E-state index contributed by atoms with van der Waals surface area (Å²) in [5.74, 6) is 2.70. The van der Waals surface area contributed by atoms with Crippen molar-refractivity contribution in [3.8, 4) is 12.3 Å². The van der Waals surface area contributed by atoms with Crippen molar-refractivity contribution in [2.24, 2.45) is 5.92 Å². The minimum absolute atomic E-state index is 0.271. The summed E-state index contributed by atoms with van der Waals surface area (Å²) in [4.78, 5) is 15.2. The summed E-state index contributed by atoms with van der Waals surface area (Å²) >= 11 is 0. The van der Waals surface area contributed by atoms with Crippen LogP contribution in [0, 0.1) is 18.3 Å². The molecule has 7 nitrogen and oxygen atoms in total. The molecule has 0 spiro atoms. The topological polar surface area (TPSA) is 110 Å². The molecular weight excluding hydrogens is 234 g/mol. The minimum Gasteiger partial charge on any atom is -0.389 e. The molecule has 92 valence electrons. The van der Waals surface area contributed by atoms with Gasteiger partial charge in [-0.15, -0.1) is 6.42 Å². The molecule has 2 aromatic heterocycles. The normalized spacial score (nSPS) is 27.4. The summed E-state index contributed by atoms with van der Waals surface area (Å²) in [5, 5.41) is 10.00. The molecule has 0 saturated carbocycles. The predicted molar refractivity (Wildman–Crippen MR) is 63.1 cm³/mol. The van der Waals surface area contributed by atoms with Crippen LogP contribution in [0.15, 0.2) is 6.33 Å². The Bertz CT molecular complexity index is 632. The van der Waals surface area contributed by atoms with Crippen LogP contribution in [0.4, 0.5) is 5.82 Å². The van der Waals surface area contributed by atoms with Gasteiger partial charge in [-0.1, -0.05) is 5.92 Å². The monoisotopic (exact) mass is 245 g/mol. The molecular formula is C11H11N5O2. The molecule has 2 aromatic rings. The van der Waals surface area contributed by atoms with Crippen molar-refractivity contribution in [1.29, 1.82) is 0 Å². The first-order chi connectivity index (χ1) is 8.70. The van der Waals surface area contributed by atoms with Crippen molar-refractivity contribution in [3.05, 3.63) is 12.2 Å². The molecule has 0 amide bonds. The number of aliphatic hydroxyl groups excluding tert-OH is 1. The number of hydrogen-bond acceptors (Lipinski definition) is 6. The van der Waals surface area contributed by atoms with E-state index in [0.29, 0.717) is 17.0 Å². The molecule has 3 heterocycles. The van der Waals surface area contributed by atoms with Gasteiger partial charge in [0.2, 0.25) is 0 Å². The SMILES string of the molecule is C#CC1COC(c2nc(N)c3[nH]cnc3n2)C1O. The van der Waals surface area contributed by atoms with Gasteiger partial charge in [-0.05, 0) is 0 Å². The number of fused-ring (bicyclic) bond motifs is 1. The lowest BCUT2D eigenvalue weighted by atomic mass is 10.0. The molecule has 18 heavy (non-hydrogen) atoms. The smallest absolute Gasteiger partial charge is 0.183 e. The number of nitrogen functional groups attached to an aromatic ring is 1. The van der Waals surface area contributed by atoms with Gasteiger partial charge in [0.15, 0.2) is 17.3 Å². The largest absolute Gasteiger partial charge is 0.389 e. The first-order valence-electron chi connectivity index (χ1n) is 5.43. The fourth-order valence-corrected chi connectivity index (χ4v) is 1.99. The maximum atomic E-state index is 10.00. The Morgan fingerprint density at radius 1 is 1.56 bits per heavy atom. The Kier molecular flexibility index (Phi) is 2.40. The van der Waals surface area contributed by atoms with Crippen LogP contribution in [0.2, 0.25) is 0 Å². The first kappa shape index (κ1) is 11.0. The third-order valence-electron chi connectivity index (χ3n) is 2.98. The number of terminal acetylenes is 1. The van der Waals surface area contributed by atoms with Crippen molar-refractivity contribution in [2.75, 3.05) is 12.3 Å². The van der Waals surface area contributed by atoms with Gasteiger partial charge in [0.05, 0.1) is 18.9 Å². The third kappa shape index (κ3) is 1.51. The number of rotatable bonds is 1. The van der Waals surface area contributed by atoms with Crippen LogP contribution in [-0.2, 0) is 4.74 Å². The molecule has 3 unspecified atom stereocenters. The van der Waals surface area contributed by atoms with E-state index in [1.165, 1.54) is 6.33 Å². The van der Waals surface area contributed by atoms with E-state index in [9.17, 15) is 5.11 Å². The standard InChI is InChI=1S/C11H11N5O2/c1-2-5-3-18-8(7(5)17)11-15-9(12)6-10(16-11)14-4-13-6/h1,4-5,7-8,17H,3H2,(H3,12,13,14,15,16). The van der Waals surface area contributed by atoms with E-state index in [1.54, 1.807) is 0 Å². The third-order valence-corrected chi connectivity index (χ3v) is 2.98. The molecule has 0 aliphatic carbocycles. The Labute approximate surface area is 102 Å². The highest BCUT2D eigenvalue weighted by Crippen LogP contribution is 2.31. The molecule has 3 rings (SSSR count). The summed E-state index contributed by atoms with van der Waals surface area (Å²) in [6.07, 6.45) is 5.29. The summed E-state index contributed by atoms with van der Waals surface area (Å²) in [6.45, 7) is 0.282. The highest BCUT2D eigenvalue weighted by Gasteiger charge is 2.38. The van der Waals surface area contributed by atoms with E-state index in [4.69, 9.17) is 16.9 Å². The van der Waals surface area contributed by atoms with Gasteiger partial charge in [0, 0.05) is 0 Å². The second-order valence-electron chi connectivity index (χ2n) is 4.09. The number of aromatic amines is 1. The van der Waals surface area contributed by atoms with E-state index in [2.05, 4.69) is 25.9 Å². The maximum absolute atomic E-state index is 10.00. The number of hydrogen-bond donors (Lipinski definition) is 3. The molecule has 1 saturated heterocycles. The average molecular weight is 245 g/mol. The zero-order chi connectivity index (χ0) is 12.7. The zero-order valence-electron chi connectivity index (χ0n) is 9.37. The molecule has 1 aliphatic heterocycles. The number of nitrogens with two attached hydrogens (primary N) is 1. The number of anilines is 1. The molecule has 4 N–H and O–H groups in total. The highest BCUT2D eigenvalue weighted by molar-refractivity contribution is 5.80. The fourth-order valence-electron chi connectivity index (χ4n) is 1.99. The van der Waals surface area contributed by atoms with E-state index in [0.717, 1.165) is 0 Å². The molecule has 3 atom stereocenters. The molecule has 0 bridgehead atoms. The summed E-state index contributed by atoms with van der Waals surface area (Å²) in [6, 6.07) is 0. The number of H-pyrrole nitrogens is 1. The summed E-state index contributed by atoms with van der Waals surface area (Å²) in [5.41, 5.74) is 6.79. The van der Waals surface area contributed by atoms with Crippen LogP contribution in [0.3, 0.4) is 0 Å². The first-order valence-corrected chi connectivity index (χ1v) is 5.43. The molecule has 0 aromatic carbocycles. The lowest BCUT2D eigenvalue weighted by Crippen LogP contribution is -2.21. The molecule has 0 radical (unpaired) electrons. The number of nitrogens with zero attached hydrogens (tertiary/aromatic N) is 3. The lowest BCUT2D eigenvalue weighted by Gasteiger charge is -2.13. The van der Waals surface area contributed by atoms with Gasteiger partial charge in [-0.3, -0.25) is 0 Å². The molecule has 1 aliphatic rings. The van der Waals surface area contributed by atoms with Gasteiger partial charge in [0.1, 0.15) is 17.7 Å². The van der Waals surface area contributed by atoms with Gasteiger partial charge < -0.3 is 20.6 Å². The van der Waals surface area contributed by atoms with E-state index >= 15 is 0 Å². The van der Waals surface area contributed by atoms with E-state index in [-0.39, 0.29) is 18.3 Å².